The van der Waals surface area contributed by atoms with Gasteiger partial charge in [-0.05, 0) is 36.8 Å². The number of ether oxygens (including phenoxy) is 3. The number of halogens is 2. The van der Waals surface area contributed by atoms with Gasteiger partial charge in [0.2, 0.25) is 0 Å². The second-order valence-electron chi connectivity index (χ2n) is 4.98. The molecule has 0 aromatic heterocycles. The summed E-state index contributed by atoms with van der Waals surface area (Å²) in [4.78, 5) is 11.8. The molecule has 0 bridgehead atoms. The SMILES string of the molecule is Cc1cccc(OCC(=O)Nc2ccc3c(c2)OC(F)(F)O3)c1. The van der Waals surface area contributed by atoms with Crippen LogP contribution in [0.4, 0.5) is 14.5 Å². The van der Waals surface area contributed by atoms with Gasteiger partial charge in [0.05, 0.1) is 0 Å². The molecule has 1 aliphatic rings. The fourth-order valence-electron chi connectivity index (χ4n) is 2.08. The van der Waals surface area contributed by atoms with Crippen LogP contribution in [-0.4, -0.2) is 18.8 Å². The first-order valence-corrected chi connectivity index (χ1v) is 6.80. The minimum atomic E-state index is -3.68. The van der Waals surface area contributed by atoms with E-state index in [1.807, 2.05) is 19.1 Å². The number of rotatable bonds is 4. The quantitative estimate of drug-likeness (QED) is 0.938. The molecule has 7 heteroatoms. The Labute approximate surface area is 130 Å². The number of carbonyl (C=O) groups excluding carboxylic acids is 1. The smallest absolute Gasteiger partial charge is 0.484 e. The number of hydrogen-bond acceptors (Lipinski definition) is 4. The van der Waals surface area contributed by atoms with Crippen molar-refractivity contribution in [2.45, 2.75) is 13.2 Å². The molecule has 120 valence electrons. The van der Waals surface area contributed by atoms with Crippen LogP contribution in [0, 0.1) is 6.92 Å². The molecule has 0 fully saturated rings. The molecular weight excluding hydrogens is 308 g/mol. The Balaban J connectivity index is 1.59. The van der Waals surface area contributed by atoms with Gasteiger partial charge < -0.3 is 19.5 Å². The molecule has 0 spiro atoms. The lowest BCUT2D eigenvalue weighted by Crippen LogP contribution is -2.25. The topological polar surface area (TPSA) is 56.8 Å². The van der Waals surface area contributed by atoms with Gasteiger partial charge in [0.25, 0.3) is 5.91 Å². The Morgan fingerprint density at radius 3 is 2.74 bits per heavy atom. The second-order valence-corrected chi connectivity index (χ2v) is 4.98. The first-order valence-electron chi connectivity index (χ1n) is 6.80. The van der Waals surface area contributed by atoms with E-state index in [0.29, 0.717) is 11.4 Å². The van der Waals surface area contributed by atoms with Crippen molar-refractivity contribution >= 4 is 11.6 Å². The zero-order valence-electron chi connectivity index (χ0n) is 12.1. The standard InChI is InChI=1S/C16H13F2NO4/c1-10-3-2-4-12(7-10)21-9-15(20)19-11-5-6-13-14(8-11)23-16(17,18)22-13/h2-8H,9H2,1H3,(H,19,20). The third-order valence-corrected chi connectivity index (χ3v) is 3.04. The van der Waals surface area contributed by atoms with Gasteiger partial charge in [-0.2, -0.15) is 0 Å². The van der Waals surface area contributed by atoms with E-state index in [0.717, 1.165) is 5.56 Å². The number of amides is 1. The van der Waals surface area contributed by atoms with Crippen LogP contribution in [-0.2, 0) is 4.79 Å². The van der Waals surface area contributed by atoms with E-state index in [4.69, 9.17) is 4.74 Å². The average Bonchev–Trinajstić information content (AvgIpc) is 2.78. The van der Waals surface area contributed by atoms with Crippen LogP contribution < -0.4 is 19.5 Å². The van der Waals surface area contributed by atoms with Gasteiger partial charge in [-0.15, -0.1) is 8.78 Å². The zero-order valence-corrected chi connectivity index (χ0v) is 12.1. The first kappa shape index (κ1) is 15.1. The Kier molecular flexibility index (Phi) is 3.77. The van der Waals surface area contributed by atoms with Crippen molar-refractivity contribution in [3.63, 3.8) is 0 Å². The summed E-state index contributed by atoms with van der Waals surface area (Å²) in [5.74, 6) is -0.0565. The number of benzene rings is 2. The van der Waals surface area contributed by atoms with Crippen molar-refractivity contribution < 1.29 is 27.8 Å². The maximum Gasteiger partial charge on any atom is 0.586 e. The van der Waals surface area contributed by atoms with Crippen molar-refractivity contribution in [3.8, 4) is 17.2 Å². The van der Waals surface area contributed by atoms with Gasteiger partial charge in [-0.3, -0.25) is 4.79 Å². The van der Waals surface area contributed by atoms with Gasteiger partial charge >= 0.3 is 6.29 Å². The van der Waals surface area contributed by atoms with Gasteiger partial charge in [0.15, 0.2) is 18.1 Å². The van der Waals surface area contributed by atoms with E-state index in [1.54, 1.807) is 12.1 Å². The van der Waals surface area contributed by atoms with Crippen molar-refractivity contribution in [1.29, 1.82) is 0 Å². The molecule has 23 heavy (non-hydrogen) atoms. The van der Waals surface area contributed by atoms with Crippen molar-refractivity contribution in [3.05, 3.63) is 48.0 Å². The Morgan fingerprint density at radius 2 is 1.96 bits per heavy atom. The van der Waals surface area contributed by atoms with Crippen LogP contribution in [0.2, 0.25) is 0 Å². The van der Waals surface area contributed by atoms with Gasteiger partial charge in [-0.1, -0.05) is 12.1 Å². The molecule has 2 aromatic carbocycles. The number of carbonyl (C=O) groups is 1. The molecule has 0 atom stereocenters. The van der Waals surface area contributed by atoms with Crippen molar-refractivity contribution in [2.75, 3.05) is 11.9 Å². The lowest BCUT2D eigenvalue weighted by atomic mass is 10.2. The lowest BCUT2D eigenvalue weighted by molar-refractivity contribution is -0.286. The third kappa shape index (κ3) is 3.68. The molecule has 0 saturated heterocycles. The maximum atomic E-state index is 12.9. The molecule has 0 radical (unpaired) electrons. The van der Waals surface area contributed by atoms with Crippen molar-refractivity contribution in [2.24, 2.45) is 0 Å². The average molecular weight is 321 g/mol. The fraction of sp³-hybridized carbons (Fsp3) is 0.188. The molecule has 0 unspecified atom stereocenters. The Hall–Kier alpha value is -2.83. The van der Waals surface area contributed by atoms with Crippen LogP contribution in [0.5, 0.6) is 17.2 Å². The number of aryl methyl sites for hydroxylation is 1. The highest BCUT2D eigenvalue weighted by atomic mass is 19.3. The summed E-state index contributed by atoms with van der Waals surface area (Å²) in [7, 11) is 0. The predicted molar refractivity (Wildman–Crippen MR) is 77.9 cm³/mol. The molecule has 1 N–H and O–H groups in total. The predicted octanol–water partition coefficient (Wildman–Crippen LogP) is 3.33. The van der Waals surface area contributed by atoms with Crippen molar-refractivity contribution in [1.82, 2.24) is 0 Å². The molecule has 2 aromatic rings. The fourth-order valence-corrected chi connectivity index (χ4v) is 2.08. The molecule has 5 nitrogen and oxygen atoms in total. The molecular formula is C16H13F2NO4. The summed E-state index contributed by atoms with van der Waals surface area (Å²) in [6.07, 6.45) is -3.68. The van der Waals surface area contributed by atoms with Crippen LogP contribution in [0.25, 0.3) is 0 Å². The summed E-state index contributed by atoms with van der Waals surface area (Å²) in [6.45, 7) is 1.71. The van der Waals surface area contributed by atoms with Crippen LogP contribution in [0.1, 0.15) is 5.56 Å². The molecule has 1 aliphatic heterocycles. The highest BCUT2D eigenvalue weighted by Gasteiger charge is 2.43. The molecule has 0 aliphatic carbocycles. The van der Waals surface area contributed by atoms with Gasteiger partial charge in [0.1, 0.15) is 5.75 Å². The summed E-state index contributed by atoms with van der Waals surface area (Å²) in [5.41, 5.74) is 1.32. The summed E-state index contributed by atoms with van der Waals surface area (Å²) in [5, 5.41) is 2.54. The van der Waals surface area contributed by atoms with E-state index >= 15 is 0 Å². The summed E-state index contributed by atoms with van der Waals surface area (Å²) >= 11 is 0. The van der Waals surface area contributed by atoms with E-state index < -0.39 is 12.2 Å². The van der Waals surface area contributed by atoms with Gasteiger partial charge in [-0.25, -0.2) is 0 Å². The first-order chi connectivity index (χ1) is 10.9. The monoisotopic (exact) mass is 321 g/mol. The molecule has 0 saturated carbocycles. The molecule has 3 rings (SSSR count). The number of hydrogen-bond donors (Lipinski definition) is 1. The highest BCUT2D eigenvalue weighted by Crippen LogP contribution is 2.42. The lowest BCUT2D eigenvalue weighted by Gasteiger charge is -2.08. The van der Waals surface area contributed by atoms with Crippen LogP contribution in [0.15, 0.2) is 42.5 Å². The molecule has 1 amide bonds. The number of anilines is 1. The maximum absolute atomic E-state index is 12.9. The van der Waals surface area contributed by atoms with Crippen LogP contribution in [0.3, 0.4) is 0 Å². The van der Waals surface area contributed by atoms with E-state index in [1.165, 1.54) is 18.2 Å². The number of nitrogens with one attached hydrogen (secondary N) is 1. The second kappa shape index (κ2) is 5.75. The summed E-state index contributed by atoms with van der Waals surface area (Å²) in [6, 6.07) is 11.3. The molecule has 1 heterocycles. The number of alkyl halides is 2. The Morgan fingerprint density at radius 1 is 1.17 bits per heavy atom. The van der Waals surface area contributed by atoms with E-state index in [-0.39, 0.29) is 18.1 Å². The zero-order chi connectivity index (χ0) is 16.4. The van der Waals surface area contributed by atoms with E-state index in [2.05, 4.69) is 14.8 Å². The summed E-state index contributed by atoms with van der Waals surface area (Å²) < 4.78 is 39.8. The largest absolute Gasteiger partial charge is 0.586 e. The Bertz CT molecular complexity index is 749. The number of fused-ring (bicyclic) bond motifs is 1. The minimum absolute atomic E-state index is 0.0796. The minimum Gasteiger partial charge on any atom is -0.484 e. The van der Waals surface area contributed by atoms with Crippen LogP contribution >= 0.6 is 0 Å². The van der Waals surface area contributed by atoms with E-state index in [9.17, 15) is 13.6 Å². The van der Waals surface area contributed by atoms with Gasteiger partial charge in [0, 0.05) is 11.8 Å². The normalized spacial score (nSPS) is 14.4. The third-order valence-electron chi connectivity index (χ3n) is 3.04. The highest BCUT2D eigenvalue weighted by molar-refractivity contribution is 5.92.